The number of rotatable bonds is 4. The Morgan fingerprint density at radius 2 is 1.93 bits per heavy atom. The molecule has 2 heterocycles. The van der Waals surface area contributed by atoms with Crippen LogP contribution in [0.3, 0.4) is 0 Å². The van der Waals surface area contributed by atoms with Crippen molar-refractivity contribution in [2.75, 3.05) is 37.3 Å². The summed E-state index contributed by atoms with van der Waals surface area (Å²) >= 11 is 1.51. The molecule has 29 heavy (non-hydrogen) atoms. The van der Waals surface area contributed by atoms with Gasteiger partial charge < -0.3 is 26.3 Å². The van der Waals surface area contributed by atoms with Gasteiger partial charge in [-0.2, -0.15) is 10.5 Å². The molecular formula is C18H18N8O2S. The fraction of sp³-hybridized carbons (Fsp3) is 0.222. The number of nitriles is 2. The number of hydrogen-bond acceptors (Lipinski definition) is 11. The molecule has 11 heteroatoms. The standard InChI is InChI=1S/C18H18N8O2S/c1-27-10-5-12(29-3)11(28-2)4-8(10)15-13-14(21)9(6-19)16(22)25-17(13)26-18(24-15)23-7-20/h4-5,15H,1-3H3,(H6,21,22,23,24,25,26). The van der Waals surface area contributed by atoms with Crippen LogP contribution in [0.1, 0.15) is 22.7 Å². The summed E-state index contributed by atoms with van der Waals surface area (Å²) in [5, 5.41) is 23.8. The molecule has 2 aromatic rings. The fourth-order valence-electron chi connectivity index (χ4n) is 3.07. The third-order valence-electron chi connectivity index (χ3n) is 4.39. The van der Waals surface area contributed by atoms with Gasteiger partial charge in [0.25, 0.3) is 0 Å². The summed E-state index contributed by atoms with van der Waals surface area (Å²) in [5.74, 6) is 1.61. The number of methoxy groups -OCH3 is 2. The van der Waals surface area contributed by atoms with Gasteiger partial charge >= 0.3 is 0 Å². The number of nitrogen functional groups attached to an aromatic ring is 2. The van der Waals surface area contributed by atoms with Crippen LogP contribution >= 0.6 is 11.8 Å². The average Bonchev–Trinajstić information content (AvgIpc) is 2.72. The van der Waals surface area contributed by atoms with Gasteiger partial charge in [0.05, 0.1) is 24.8 Å². The number of pyridine rings is 1. The minimum absolute atomic E-state index is 0.0181. The smallest absolute Gasteiger partial charge is 0.211 e. The molecule has 0 aliphatic carbocycles. The zero-order valence-electron chi connectivity index (χ0n) is 15.9. The van der Waals surface area contributed by atoms with E-state index in [-0.39, 0.29) is 23.0 Å². The van der Waals surface area contributed by atoms with Crippen molar-refractivity contribution < 1.29 is 9.47 Å². The maximum Gasteiger partial charge on any atom is 0.211 e. The second-order valence-corrected chi connectivity index (χ2v) is 6.70. The number of nitrogens with one attached hydrogen (secondary N) is 2. The van der Waals surface area contributed by atoms with E-state index in [1.54, 1.807) is 20.3 Å². The molecule has 1 aromatic heterocycles. The summed E-state index contributed by atoms with van der Waals surface area (Å²) in [6.07, 6.45) is 3.74. The monoisotopic (exact) mass is 410 g/mol. The van der Waals surface area contributed by atoms with Crippen molar-refractivity contribution in [1.29, 1.82) is 10.5 Å². The Hall–Kier alpha value is -3.83. The Balaban J connectivity index is 2.32. The van der Waals surface area contributed by atoms with Gasteiger partial charge in [0.1, 0.15) is 40.8 Å². The number of benzene rings is 1. The molecule has 10 nitrogen and oxygen atoms in total. The SMILES string of the molecule is COc1cc(C2N=C(NC#N)Nc3nc(N)c(C#N)c(N)c32)c(OC)cc1SC. The van der Waals surface area contributed by atoms with Crippen LogP contribution in [0.25, 0.3) is 0 Å². The van der Waals surface area contributed by atoms with Crippen molar-refractivity contribution in [3.63, 3.8) is 0 Å². The number of hydrogen-bond donors (Lipinski definition) is 4. The van der Waals surface area contributed by atoms with Gasteiger partial charge in [-0.05, 0) is 18.4 Å². The first-order chi connectivity index (χ1) is 14.0. The van der Waals surface area contributed by atoms with Crippen LogP contribution in [-0.4, -0.2) is 31.4 Å². The molecule has 0 spiro atoms. The molecule has 6 N–H and O–H groups in total. The van der Waals surface area contributed by atoms with E-state index in [1.165, 1.54) is 11.8 Å². The number of ether oxygens (including phenoxy) is 2. The third-order valence-corrected chi connectivity index (χ3v) is 5.15. The Kier molecular flexibility index (Phi) is 5.52. The summed E-state index contributed by atoms with van der Waals surface area (Å²) in [6, 6.07) is 4.88. The lowest BCUT2D eigenvalue weighted by Gasteiger charge is -2.27. The second kappa shape index (κ2) is 8.04. The minimum atomic E-state index is -0.720. The second-order valence-electron chi connectivity index (χ2n) is 5.85. The number of nitrogens with two attached hydrogens (primary N) is 2. The first-order valence-corrected chi connectivity index (χ1v) is 9.50. The maximum absolute atomic E-state index is 9.44. The molecule has 0 radical (unpaired) electrons. The average molecular weight is 410 g/mol. The van der Waals surface area contributed by atoms with E-state index in [2.05, 4.69) is 20.6 Å². The lowest BCUT2D eigenvalue weighted by molar-refractivity contribution is 0.389. The number of aliphatic imine (C=N–C) groups is 1. The zero-order valence-corrected chi connectivity index (χ0v) is 16.7. The lowest BCUT2D eigenvalue weighted by Crippen LogP contribution is -2.32. The molecule has 148 valence electrons. The number of thioether (sulfide) groups is 1. The molecule has 1 unspecified atom stereocenters. The Morgan fingerprint density at radius 3 is 2.52 bits per heavy atom. The van der Waals surface area contributed by atoms with Gasteiger partial charge in [0.15, 0.2) is 6.19 Å². The normalized spacial score (nSPS) is 14.5. The maximum atomic E-state index is 9.44. The highest BCUT2D eigenvalue weighted by Gasteiger charge is 2.32. The number of nitrogens with zero attached hydrogens (tertiary/aromatic N) is 4. The van der Waals surface area contributed by atoms with Crippen molar-refractivity contribution in [3.8, 4) is 23.8 Å². The molecule has 0 saturated carbocycles. The van der Waals surface area contributed by atoms with Crippen LogP contribution in [0.4, 0.5) is 17.3 Å². The van der Waals surface area contributed by atoms with E-state index in [1.807, 2.05) is 24.6 Å². The first kappa shape index (κ1) is 19.9. The van der Waals surface area contributed by atoms with Gasteiger partial charge in [-0.15, -0.1) is 11.8 Å². The zero-order chi connectivity index (χ0) is 21.1. The van der Waals surface area contributed by atoms with Crippen LogP contribution in [-0.2, 0) is 0 Å². The van der Waals surface area contributed by atoms with Crippen LogP contribution in [0.15, 0.2) is 22.0 Å². The molecule has 3 rings (SSSR count). The minimum Gasteiger partial charge on any atom is -0.496 e. The predicted octanol–water partition coefficient (Wildman–Crippen LogP) is 1.80. The van der Waals surface area contributed by atoms with Crippen LogP contribution in [0, 0.1) is 22.8 Å². The molecule has 0 saturated heterocycles. The molecule has 1 aromatic carbocycles. The topological polar surface area (TPSA) is 167 Å². The first-order valence-electron chi connectivity index (χ1n) is 8.27. The van der Waals surface area contributed by atoms with Crippen LogP contribution in [0.2, 0.25) is 0 Å². The number of anilines is 3. The summed E-state index contributed by atoms with van der Waals surface area (Å²) in [7, 11) is 3.11. The molecule has 0 bridgehead atoms. The summed E-state index contributed by atoms with van der Waals surface area (Å²) in [4.78, 5) is 9.67. The molecule has 1 aliphatic heterocycles. The lowest BCUT2D eigenvalue weighted by atomic mass is 9.94. The highest BCUT2D eigenvalue weighted by Crippen LogP contribution is 2.45. The van der Waals surface area contributed by atoms with E-state index in [4.69, 9.17) is 26.2 Å². The van der Waals surface area contributed by atoms with Gasteiger partial charge in [-0.3, -0.25) is 5.32 Å². The molecular weight excluding hydrogens is 392 g/mol. The van der Waals surface area contributed by atoms with Crippen molar-refractivity contribution >= 4 is 35.0 Å². The number of guanidine groups is 1. The van der Waals surface area contributed by atoms with Crippen molar-refractivity contribution in [1.82, 2.24) is 10.3 Å². The summed E-state index contributed by atoms with van der Waals surface area (Å²) in [6.45, 7) is 0. The van der Waals surface area contributed by atoms with Crippen molar-refractivity contribution in [2.45, 2.75) is 10.9 Å². The highest BCUT2D eigenvalue weighted by atomic mass is 32.2. The van der Waals surface area contributed by atoms with E-state index in [0.717, 1.165) is 4.90 Å². The number of aromatic nitrogens is 1. The fourth-order valence-corrected chi connectivity index (χ4v) is 3.64. The predicted molar refractivity (Wildman–Crippen MR) is 111 cm³/mol. The molecule has 0 amide bonds. The molecule has 0 fully saturated rings. The van der Waals surface area contributed by atoms with E-state index >= 15 is 0 Å². The Morgan fingerprint density at radius 1 is 1.21 bits per heavy atom. The van der Waals surface area contributed by atoms with Crippen molar-refractivity contribution in [3.05, 3.63) is 28.8 Å². The van der Waals surface area contributed by atoms with Gasteiger partial charge in [-0.1, -0.05) is 0 Å². The third kappa shape index (κ3) is 3.39. The highest BCUT2D eigenvalue weighted by molar-refractivity contribution is 7.98. The van der Waals surface area contributed by atoms with E-state index in [9.17, 15) is 5.26 Å². The summed E-state index contributed by atoms with van der Waals surface area (Å²) in [5.41, 5.74) is 13.4. The molecule has 1 aliphatic rings. The quantitative estimate of drug-likeness (QED) is 0.331. The van der Waals surface area contributed by atoms with Gasteiger partial charge in [0.2, 0.25) is 5.96 Å². The Labute approximate surface area is 171 Å². The largest absolute Gasteiger partial charge is 0.496 e. The van der Waals surface area contributed by atoms with Crippen LogP contribution < -0.4 is 31.6 Å². The number of fused-ring (bicyclic) bond motifs is 1. The van der Waals surface area contributed by atoms with Crippen LogP contribution in [0.5, 0.6) is 11.5 Å². The van der Waals surface area contributed by atoms with Gasteiger partial charge in [0, 0.05) is 11.1 Å². The Bertz CT molecular complexity index is 1090. The molecule has 1 atom stereocenters. The van der Waals surface area contributed by atoms with Crippen molar-refractivity contribution in [2.24, 2.45) is 4.99 Å². The van der Waals surface area contributed by atoms with E-state index in [0.29, 0.717) is 28.4 Å². The van der Waals surface area contributed by atoms with E-state index < -0.39 is 6.04 Å². The van der Waals surface area contributed by atoms with Gasteiger partial charge in [-0.25, -0.2) is 9.98 Å². The summed E-state index contributed by atoms with van der Waals surface area (Å²) < 4.78 is 11.1.